The Hall–Kier alpha value is -1.71. The molecule has 1 aliphatic carbocycles. The van der Waals surface area contributed by atoms with Crippen molar-refractivity contribution in [3.8, 4) is 6.07 Å². The molecule has 3 rings (SSSR count). The summed E-state index contributed by atoms with van der Waals surface area (Å²) in [7, 11) is 2.04. The smallest absolute Gasteiger partial charge is 0.226 e. The number of amides is 1. The Kier molecular flexibility index (Phi) is 7.80. The summed E-state index contributed by atoms with van der Waals surface area (Å²) in [5, 5.41) is 12.7. The van der Waals surface area contributed by atoms with E-state index < -0.39 is 0 Å². The Morgan fingerprint density at radius 3 is 2.69 bits per heavy atom. The number of nitrogens with zero attached hydrogens (tertiary/aromatic N) is 3. The first kappa shape index (κ1) is 20.6. The predicted octanol–water partition coefficient (Wildman–Crippen LogP) is 3.85. The van der Waals surface area contributed by atoms with E-state index in [1.165, 1.54) is 25.7 Å². The standard InChI is InChI=1S/C19H24N4OS.ClH/c1-23-17(13-25-19(23)22-15-4-2-3-5-15)12-18(24)21-16-8-6-14(7-9-16)10-11-20;/h6-9,15,17H,2-5,10,12-13H2,1H3,(H,21,24);1H. The zero-order chi connectivity index (χ0) is 17.6. The number of thioether (sulfide) groups is 1. The molecule has 1 heterocycles. The van der Waals surface area contributed by atoms with Crippen LogP contribution >= 0.6 is 24.2 Å². The number of nitriles is 1. The van der Waals surface area contributed by atoms with E-state index in [0.29, 0.717) is 18.9 Å². The molecule has 1 aromatic rings. The van der Waals surface area contributed by atoms with E-state index in [1.54, 1.807) is 11.8 Å². The van der Waals surface area contributed by atoms with Crippen LogP contribution in [0.25, 0.3) is 0 Å². The number of nitrogens with one attached hydrogen (secondary N) is 1. The van der Waals surface area contributed by atoms with E-state index in [2.05, 4.69) is 16.3 Å². The second-order valence-corrected chi connectivity index (χ2v) is 7.70. The first-order chi connectivity index (χ1) is 12.2. The first-order valence-electron chi connectivity index (χ1n) is 8.85. The van der Waals surface area contributed by atoms with Crippen LogP contribution in [0.4, 0.5) is 5.69 Å². The molecule has 0 bridgehead atoms. The zero-order valence-electron chi connectivity index (χ0n) is 15.0. The van der Waals surface area contributed by atoms with E-state index in [1.807, 2.05) is 31.3 Å². The van der Waals surface area contributed by atoms with Crippen molar-refractivity contribution in [1.82, 2.24) is 4.90 Å². The van der Waals surface area contributed by atoms with Gasteiger partial charge in [0.05, 0.1) is 18.5 Å². The fourth-order valence-corrected chi connectivity index (χ4v) is 4.54. The SMILES string of the molecule is CN1C(=NC2CCCC2)SCC1CC(=O)Nc1ccc(CC#N)cc1.Cl. The molecule has 0 aromatic heterocycles. The van der Waals surface area contributed by atoms with Crippen LogP contribution in [0.2, 0.25) is 0 Å². The normalized spacial score (nSPS) is 21.5. The lowest BCUT2D eigenvalue weighted by molar-refractivity contribution is -0.116. The van der Waals surface area contributed by atoms with Gasteiger partial charge in [0.2, 0.25) is 5.91 Å². The summed E-state index contributed by atoms with van der Waals surface area (Å²) < 4.78 is 0. The van der Waals surface area contributed by atoms with Crippen molar-refractivity contribution in [2.45, 2.75) is 50.6 Å². The topological polar surface area (TPSA) is 68.5 Å². The van der Waals surface area contributed by atoms with Crippen LogP contribution in [-0.4, -0.2) is 40.9 Å². The minimum atomic E-state index is 0. The maximum atomic E-state index is 12.3. The largest absolute Gasteiger partial charge is 0.350 e. The van der Waals surface area contributed by atoms with E-state index >= 15 is 0 Å². The van der Waals surface area contributed by atoms with Gasteiger partial charge in [-0.1, -0.05) is 36.7 Å². The Labute approximate surface area is 165 Å². The van der Waals surface area contributed by atoms with Crippen LogP contribution in [0.3, 0.4) is 0 Å². The van der Waals surface area contributed by atoms with E-state index in [9.17, 15) is 4.79 Å². The highest BCUT2D eigenvalue weighted by Gasteiger charge is 2.30. The number of benzene rings is 1. The second-order valence-electron chi connectivity index (χ2n) is 6.71. The molecule has 5 nitrogen and oxygen atoms in total. The maximum Gasteiger partial charge on any atom is 0.226 e. The number of rotatable bonds is 5. The van der Waals surface area contributed by atoms with Crippen LogP contribution in [0.5, 0.6) is 0 Å². The van der Waals surface area contributed by atoms with Crippen molar-refractivity contribution in [1.29, 1.82) is 5.26 Å². The van der Waals surface area contributed by atoms with Crippen molar-refractivity contribution in [3.05, 3.63) is 29.8 Å². The van der Waals surface area contributed by atoms with Gasteiger partial charge in [0, 0.05) is 31.0 Å². The lowest BCUT2D eigenvalue weighted by Crippen LogP contribution is -2.34. The molecule has 2 aliphatic rings. The molecule has 1 N–H and O–H groups in total. The monoisotopic (exact) mass is 392 g/mol. The lowest BCUT2D eigenvalue weighted by Gasteiger charge is -2.21. The molecule has 1 amide bonds. The van der Waals surface area contributed by atoms with Gasteiger partial charge < -0.3 is 10.2 Å². The van der Waals surface area contributed by atoms with E-state index in [-0.39, 0.29) is 24.4 Å². The number of carbonyl (C=O) groups is 1. The van der Waals surface area contributed by atoms with Gasteiger partial charge >= 0.3 is 0 Å². The van der Waals surface area contributed by atoms with Crippen LogP contribution in [0.1, 0.15) is 37.7 Å². The molecule has 26 heavy (non-hydrogen) atoms. The van der Waals surface area contributed by atoms with Gasteiger partial charge in [-0.15, -0.1) is 12.4 Å². The number of anilines is 1. The van der Waals surface area contributed by atoms with Crippen molar-refractivity contribution in [2.24, 2.45) is 4.99 Å². The van der Waals surface area contributed by atoms with E-state index in [0.717, 1.165) is 22.2 Å². The van der Waals surface area contributed by atoms with Crippen LogP contribution < -0.4 is 5.32 Å². The molecule has 1 aliphatic heterocycles. The Morgan fingerprint density at radius 1 is 1.35 bits per heavy atom. The summed E-state index contributed by atoms with van der Waals surface area (Å²) in [5.74, 6) is 0.934. The predicted molar refractivity (Wildman–Crippen MR) is 110 cm³/mol. The van der Waals surface area contributed by atoms with Crippen molar-refractivity contribution < 1.29 is 4.79 Å². The minimum absolute atomic E-state index is 0. The van der Waals surface area contributed by atoms with E-state index in [4.69, 9.17) is 10.3 Å². The molecule has 1 saturated carbocycles. The lowest BCUT2D eigenvalue weighted by atomic mass is 10.1. The molecule has 0 radical (unpaired) electrons. The highest BCUT2D eigenvalue weighted by atomic mass is 35.5. The fourth-order valence-electron chi connectivity index (χ4n) is 3.28. The highest BCUT2D eigenvalue weighted by molar-refractivity contribution is 8.14. The van der Waals surface area contributed by atoms with Crippen molar-refractivity contribution in [3.63, 3.8) is 0 Å². The van der Waals surface area contributed by atoms with Crippen molar-refractivity contribution >= 4 is 40.9 Å². The molecule has 140 valence electrons. The quantitative estimate of drug-likeness (QED) is 0.826. The molecular weight excluding hydrogens is 368 g/mol. The molecule has 1 atom stereocenters. The zero-order valence-corrected chi connectivity index (χ0v) is 16.6. The average Bonchev–Trinajstić information content (AvgIpc) is 3.22. The third-order valence-corrected chi connectivity index (χ3v) is 6.02. The summed E-state index contributed by atoms with van der Waals surface area (Å²) >= 11 is 1.77. The summed E-state index contributed by atoms with van der Waals surface area (Å²) in [6.45, 7) is 0. The maximum absolute atomic E-state index is 12.3. The molecule has 7 heteroatoms. The van der Waals surface area contributed by atoms with Crippen LogP contribution in [-0.2, 0) is 11.2 Å². The number of amidine groups is 1. The Bertz CT molecular complexity index is 680. The number of carbonyl (C=O) groups excluding carboxylic acids is 1. The van der Waals surface area contributed by atoms with Gasteiger partial charge in [0.25, 0.3) is 0 Å². The first-order valence-corrected chi connectivity index (χ1v) is 9.83. The molecular formula is C19H25ClN4OS. The minimum Gasteiger partial charge on any atom is -0.350 e. The number of hydrogen-bond acceptors (Lipinski definition) is 4. The van der Waals surface area contributed by atoms with Gasteiger partial charge in [-0.05, 0) is 30.5 Å². The van der Waals surface area contributed by atoms with Crippen LogP contribution in [0, 0.1) is 11.3 Å². The Morgan fingerprint density at radius 2 is 2.04 bits per heavy atom. The summed E-state index contributed by atoms with van der Waals surface area (Å²) in [5.41, 5.74) is 1.74. The second kappa shape index (κ2) is 9.84. The molecule has 1 aromatic carbocycles. The van der Waals surface area contributed by atoms with Crippen LogP contribution in [0.15, 0.2) is 29.3 Å². The molecule has 1 saturated heterocycles. The van der Waals surface area contributed by atoms with Gasteiger partial charge in [0.1, 0.15) is 0 Å². The third kappa shape index (κ3) is 5.39. The highest BCUT2D eigenvalue weighted by Crippen LogP contribution is 2.28. The van der Waals surface area contributed by atoms with Crippen molar-refractivity contribution in [2.75, 3.05) is 18.1 Å². The van der Waals surface area contributed by atoms with Gasteiger partial charge in [-0.2, -0.15) is 5.26 Å². The number of halogens is 1. The average molecular weight is 393 g/mol. The number of hydrogen-bond donors (Lipinski definition) is 1. The molecule has 0 spiro atoms. The Balaban J connectivity index is 0.00000243. The fraction of sp³-hybridized carbons (Fsp3) is 0.526. The molecule has 2 fully saturated rings. The van der Waals surface area contributed by atoms with Gasteiger partial charge in [-0.25, -0.2) is 0 Å². The summed E-state index contributed by atoms with van der Waals surface area (Å²) in [4.78, 5) is 19.4. The summed E-state index contributed by atoms with van der Waals surface area (Å²) in [6.07, 6.45) is 5.83. The van der Waals surface area contributed by atoms with Gasteiger partial charge in [-0.3, -0.25) is 9.79 Å². The molecule has 1 unspecified atom stereocenters. The van der Waals surface area contributed by atoms with Gasteiger partial charge in [0.15, 0.2) is 5.17 Å². The summed E-state index contributed by atoms with van der Waals surface area (Å²) in [6, 6.07) is 10.3. The third-order valence-electron chi connectivity index (χ3n) is 4.81. The number of aliphatic imine (C=N–C) groups is 1.